The van der Waals surface area contributed by atoms with Crippen LogP contribution in [0.1, 0.15) is 18.5 Å². The zero-order chi connectivity index (χ0) is 10.2. The standard InChI is InChI=1S/C11H21N3/c1-12-7-3-4-9-14(2)10-11-6-5-8-13-11/h5-6,8,12-13H,3-4,7,9-10H2,1-2H3. The van der Waals surface area contributed by atoms with E-state index in [0.717, 1.165) is 13.1 Å². The van der Waals surface area contributed by atoms with Crippen LogP contribution in [0.3, 0.4) is 0 Å². The number of unbranched alkanes of at least 4 members (excludes halogenated alkanes) is 1. The normalized spacial score (nSPS) is 11.1. The Morgan fingerprint density at radius 3 is 2.93 bits per heavy atom. The van der Waals surface area contributed by atoms with Gasteiger partial charge in [0.1, 0.15) is 0 Å². The Morgan fingerprint density at radius 2 is 2.29 bits per heavy atom. The molecule has 2 N–H and O–H groups in total. The van der Waals surface area contributed by atoms with Crippen molar-refractivity contribution in [2.45, 2.75) is 19.4 Å². The first-order valence-corrected chi connectivity index (χ1v) is 5.28. The highest BCUT2D eigenvalue weighted by Crippen LogP contribution is 2.00. The number of nitrogens with zero attached hydrogens (tertiary/aromatic N) is 1. The minimum atomic E-state index is 1.02. The molecular weight excluding hydrogens is 174 g/mol. The fourth-order valence-electron chi connectivity index (χ4n) is 1.52. The molecule has 1 aromatic rings. The molecule has 0 radical (unpaired) electrons. The van der Waals surface area contributed by atoms with Gasteiger partial charge < -0.3 is 15.2 Å². The molecule has 0 aliphatic carbocycles. The van der Waals surface area contributed by atoms with E-state index in [4.69, 9.17) is 0 Å². The summed E-state index contributed by atoms with van der Waals surface area (Å²) < 4.78 is 0. The van der Waals surface area contributed by atoms with Gasteiger partial charge in [-0.05, 0) is 52.2 Å². The van der Waals surface area contributed by atoms with Gasteiger partial charge in [0, 0.05) is 18.4 Å². The topological polar surface area (TPSA) is 31.1 Å². The third-order valence-electron chi connectivity index (χ3n) is 2.32. The van der Waals surface area contributed by atoms with Crippen LogP contribution in [0.25, 0.3) is 0 Å². The zero-order valence-electron chi connectivity index (χ0n) is 9.21. The van der Waals surface area contributed by atoms with Gasteiger partial charge in [0.05, 0.1) is 0 Å². The van der Waals surface area contributed by atoms with Crippen LogP contribution in [0.15, 0.2) is 18.3 Å². The molecule has 3 nitrogen and oxygen atoms in total. The number of nitrogens with one attached hydrogen (secondary N) is 2. The minimum absolute atomic E-state index is 1.02. The van der Waals surface area contributed by atoms with Crippen molar-refractivity contribution < 1.29 is 0 Å². The summed E-state index contributed by atoms with van der Waals surface area (Å²) >= 11 is 0. The Kier molecular flexibility index (Phi) is 5.33. The molecule has 0 saturated heterocycles. The van der Waals surface area contributed by atoms with E-state index in [9.17, 15) is 0 Å². The molecule has 14 heavy (non-hydrogen) atoms. The molecule has 80 valence electrons. The summed E-state index contributed by atoms with van der Waals surface area (Å²) in [6, 6.07) is 4.17. The minimum Gasteiger partial charge on any atom is -0.364 e. The van der Waals surface area contributed by atoms with E-state index in [-0.39, 0.29) is 0 Å². The summed E-state index contributed by atoms with van der Waals surface area (Å²) in [5, 5.41) is 3.16. The van der Waals surface area contributed by atoms with Crippen molar-refractivity contribution in [3.8, 4) is 0 Å². The first-order chi connectivity index (χ1) is 6.83. The molecule has 0 unspecified atom stereocenters. The molecule has 0 aliphatic heterocycles. The average molecular weight is 195 g/mol. The van der Waals surface area contributed by atoms with E-state index in [1.54, 1.807) is 0 Å². The monoisotopic (exact) mass is 195 g/mol. The Labute approximate surface area is 86.5 Å². The van der Waals surface area contributed by atoms with Gasteiger partial charge in [0.15, 0.2) is 0 Å². The van der Waals surface area contributed by atoms with Crippen molar-refractivity contribution in [2.75, 3.05) is 27.2 Å². The lowest BCUT2D eigenvalue weighted by molar-refractivity contribution is 0.315. The van der Waals surface area contributed by atoms with Gasteiger partial charge in [-0.1, -0.05) is 0 Å². The highest BCUT2D eigenvalue weighted by molar-refractivity contribution is 5.02. The quantitative estimate of drug-likeness (QED) is 0.645. The van der Waals surface area contributed by atoms with Gasteiger partial charge in [-0.3, -0.25) is 0 Å². The highest BCUT2D eigenvalue weighted by atomic mass is 15.1. The molecule has 0 amide bonds. The summed E-state index contributed by atoms with van der Waals surface area (Å²) in [5.74, 6) is 0. The summed E-state index contributed by atoms with van der Waals surface area (Å²) in [4.78, 5) is 5.56. The van der Waals surface area contributed by atoms with E-state index in [0.29, 0.717) is 0 Å². The van der Waals surface area contributed by atoms with E-state index in [2.05, 4.69) is 28.3 Å². The van der Waals surface area contributed by atoms with Gasteiger partial charge in [-0.15, -0.1) is 0 Å². The Bertz CT molecular complexity index is 218. The highest BCUT2D eigenvalue weighted by Gasteiger charge is 1.99. The molecule has 0 atom stereocenters. The molecule has 0 aromatic carbocycles. The maximum absolute atomic E-state index is 3.22. The predicted molar refractivity (Wildman–Crippen MR) is 60.3 cm³/mol. The number of hydrogen-bond acceptors (Lipinski definition) is 2. The summed E-state index contributed by atoms with van der Waals surface area (Å²) in [6.07, 6.45) is 4.49. The number of aromatic amines is 1. The Balaban J connectivity index is 2.07. The van der Waals surface area contributed by atoms with E-state index in [1.165, 1.54) is 25.1 Å². The van der Waals surface area contributed by atoms with E-state index >= 15 is 0 Å². The van der Waals surface area contributed by atoms with Crippen LogP contribution in [0, 0.1) is 0 Å². The summed E-state index contributed by atoms with van der Waals surface area (Å²) in [6.45, 7) is 3.31. The van der Waals surface area contributed by atoms with Crippen molar-refractivity contribution >= 4 is 0 Å². The van der Waals surface area contributed by atoms with Crippen LogP contribution < -0.4 is 5.32 Å². The van der Waals surface area contributed by atoms with Crippen molar-refractivity contribution in [1.82, 2.24) is 15.2 Å². The molecule has 1 rings (SSSR count). The molecule has 1 aromatic heterocycles. The van der Waals surface area contributed by atoms with Gasteiger partial charge in [0.2, 0.25) is 0 Å². The third kappa shape index (κ3) is 4.44. The zero-order valence-corrected chi connectivity index (χ0v) is 9.21. The molecular formula is C11H21N3. The van der Waals surface area contributed by atoms with Gasteiger partial charge >= 0.3 is 0 Å². The fourth-order valence-corrected chi connectivity index (χ4v) is 1.52. The number of rotatable bonds is 7. The van der Waals surface area contributed by atoms with Crippen LogP contribution in [-0.4, -0.2) is 37.1 Å². The molecule has 0 spiro atoms. The predicted octanol–water partition coefficient (Wildman–Crippen LogP) is 1.45. The molecule has 0 bridgehead atoms. The Hall–Kier alpha value is -0.800. The second-order valence-corrected chi connectivity index (χ2v) is 3.74. The number of aromatic nitrogens is 1. The molecule has 0 fully saturated rings. The number of H-pyrrole nitrogens is 1. The van der Waals surface area contributed by atoms with Crippen LogP contribution >= 0.6 is 0 Å². The van der Waals surface area contributed by atoms with Gasteiger partial charge in [-0.2, -0.15) is 0 Å². The summed E-state index contributed by atoms with van der Waals surface area (Å²) in [5.41, 5.74) is 1.29. The fraction of sp³-hybridized carbons (Fsp3) is 0.636. The van der Waals surface area contributed by atoms with Crippen LogP contribution in [-0.2, 0) is 6.54 Å². The first-order valence-electron chi connectivity index (χ1n) is 5.28. The molecule has 0 aliphatic rings. The lowest BCUT2D eigenvalue weighted by atomic mass is 10.3. The SMILES string of the molecule is CNCCCCN(C)Cc1ccc[nH]1. The van der Waals surface area contributed by atoms with Crippen molar-refractivity contribution in [2.24, 2.45) is 0 Å². The molecule has 0 saturated carbocycles. The van der Waals surface area contributed by atoms with Crippen LogP contribution in [0.4, 0.5) is 0 Å². The van der Waals surface area contributed by atoms with Gasteiger partial charge in [-0.25, -0.2) is 0 Å². The Morgan fingerprint density at radius 1 is 1.43 bits per heavy atom. The lowest BCUT2D eigenvalue weighted by Gasteiger charge is -2.15. The van der Waals surface area contributed by atoms with E-state index < -0.39 is 0 Å². The first kappa shape index (κ1) is 11.3. The van der Waals surface area contributed by atoms with Crippen molar-refractivity contribution in [3.05, 3.63) is 24.0 Å². The van der Waals surface area contributed by atoms with Gasteiger partial charge in [0.25, 0.3) is 0 Å². The smallest absolute Gasteiger partial charge is 0.0382 e. The lowest BCUT2D eigenvalue weighted by Crippen LogP contribution is -2.20. The van der Waals surface area contributed by atoms with Crippen molar-refractivity contribution in [1.29, 1.82) is 0 Å². The summed E-state index contributed by atoms with van der Waals surface area (Å²) in [7, 11) is 4.17. The number of hydrogen-bond donors (Lipinski definition) is 2. The van der Waals surface area contributed by atoms with Crippen LogP contribution in [0.5, 0.6) is 0 Å². The van der Waals surface area contributed by atoms with Crippen LogP contribution in [0.2, 0.25) is 0 Å². The largest absolute Gasteiger partial charge is 0.364 e. The third-order valence-corrected chi connectivity index (χ3v) is 2.32. The second-order valence-electron chi connectivity index (χ2n) is 3.74. The molecule has 3 heteroatoms. The maximum Gasteiger partial charge on any atom is 0.0382 e. The average Bonchev–Trinajstić information content (AvgIpc) is 2.65. The maximum atomic E-state index is 3.22. The van der Waals surface area contributed by atoms with Crippen molar-refractivity contribution in [3.63, 3.8) is 0 Å². The molecule has 1 heterocycles. The second kappa shape index (κ2) is 6.62. The van der Waals surface area contributed by atoms with E-state index in [1.807, 2.05) is 19.3 Å².